The molecule has 2 unspecified atom stereocenters. The Morgan fingerprint density at radius 1 is 0.659 bits per heavy atom. The van der Waals surface area contributed by atoms with E-state index in [4.69, 9.17) is 77.0 Å². The van der Waals surface area contributed by atoms with Gasteiger partial charge in [-0.25, -0.2) is 9.59 Å². The Morgan fingerprint density at radius 3 is 1.23 bits per heavy atom. The van der Waals surface area contributed by atoms with E-state index in [1.807, 2.05) is 50.5 Å². The SMILES string of the molecule is CNC(C)C/C=C/c1ccc(Cl)c(Cl)c1.CNC(C)C/C=C/c1ccc(Cl)c(Cl)c1.O=C(O)[C@@H](O)[C@H](O)[C@H](O)[C@@H](O)C(=O)O. The van der Waals surface area contributed by atoms with Gasteiger partial charge in [0, 0.05) is 12.1 Å². The topological polar surface area (TPSA) is 180 Å². The van der Waals surface area contributed by atoms with Crippen molar-refractivity contribution in [3.05, 3.63) is 79.8 Å². The van der Waals surface area contributed by atoms with Gasteiger partial charge in [-0.1, -0.05) is 82.8 Å². The van der Waals surface area contributed by atoms with E-state index in [0.29, 0.717) is 32.2 Å². The molecule has 0 fully saturated rings. The molecule has 0 aliphatic carbocycles. The highest BCUT2D eigenvalue weighted by atomic mass is 35.5. The number of nitrogens with one attached hydrogen (secondary N) is 2. The Bertz CT molecular complexity index is 1140. The van der Waals surface area contributed by atoms with Crippen LogP contribution < -0.4 is 10.6 Å². The maximum absolute atomic E-state index is 10.1. The van der Waals surface area contributed by atoms with Crippen LogP contribution in [0.15, 0.2) is 48.6 Å². The third kappa shape index (κ3) is 16.7. The van der Waals surface area contributed by atoms with Crippen molar-refractivity contribution in [2.24, 2.45) is 0 Å². The Morgan fingerprint density at radius 2 is 0.977 bits per heavy atom. The first kappa shape index (κ1) is 41.8. The van der Waals surface area contributed by atoms with E-state index in [9.17, 15) is 9.59 Å². The lowest BCUT2D eigenvalue weighted by atomic mass is 10.0. The second-order valence-electron chi connectivity index (χ2n) is 9.55. The number of hydrogen-bond donors (Lipinski definition) is 8. The molecule has 2 rings (SSSR count). The minimum atomic E-state index is -2.36. The summed E-state index contributed by atoms with van der Waals surface area (Å²) in [5.41, 5.74) is 2.15. The summed E-state index contributed by atoms with van der Waals surface area (Å²) in [6.45, 7) is 4.28. The Labute approximate surface area is 277 Å². The molecule has 0 aromatic heterocycles. The summed E-state index contributed by atoms with van der Waals surface area (Å²) in [6.07, 6.45) is 1.07. The first-order chi connectivity index (χ1) is 20.5. The van der Waals surface area contributed by atoms with Crippen LogP contribution in [-0.4, -0.2) is 93.2 Å². The number of halogens is 4. The molecule has 44 heavy (non-hydrogen) atoms. The van der Waals surface area contributed by atoms with Crippen molar-refractivity contribution in [1.29, 1.82) is 0 Å². The monoisotopic (exact) mass is 696 g/mol. The average molecular weight is 698 g/mol. The predicted molar refractivity (Wildman–Crippen MR) is 177 cm³/mol. The van der Waals surface area contributed by atoms with Crippen LogP contribution in [-0.2, 0) is 9.59 Å². The first-order valence-electron chi connectivity index (χ1n) is 13.3. The summed E-state index contributed by atoms with van der Waals surface area (Å²) >= 11 is 23.5. The van der Waals surface area contributed by atoms with Gasteiger partial charge >= 0.3 is 11.9 Å². The highest BCUT2D eigenvalue weighted by molar-refractivity contribution is 6.42. The van der Waals surface area contributed by atoms with Crippen LogP contribution in [0.4, 0.5) is 0 Å². The molecule has 0 aliphatic rings. The number of aliphatic hydroxyl groups excluding tert-OH is 4. The summed E-state index contributed by atoms with van der Waals surface area (Å²) in [5.74, 6) is -3.68. The number of aliphatic hydroxyl groups is 4. The zero-order chi connectivity index (χ0) is 34.0. The molecule has 0 bridgehead atoms. The summed E-state index contributed by atoms with van der Waals surface area (Å²) in [7, 11) is 3.91. The quantitative estimate of drug-likeness (QED) is 0.147. The van der Waals surface area contributed by atoms with Crippen LogP contribution in [0.2, 0.25) is 20.1 Å². The number of aliphatic carboxylic acids is 2. The molecule has 246 valence electrons. The van der Waals surface area contributed by atoms with Crippen LogP contribution in [0, 0.1) is 0 Å². The minimum Gasteiger partial charge on any atom is -0.479 e. The summed E-state index contributed by atoms with van der Waals surface area (Å²) < 4.78 is 0. The van der Waals surface area contributed by atoms with Gasteiger partial charge < -0.3 is 41.3 Å². The van der Waals surface area contributed by atoms with E-state index in [1.54, 1.807) is 0 Å². The lowest BCUT2D eigenvalue weighted by Gasteiger charge is -2.21. The van der Waals surface area contributed by atoms with Gasteiger partial charge in [-0.15, -0.1) is 0 Å². The fraction of sp³-hybridized carbons (Fsp3) is 0.400. The molecule has 8 N–H and O–H groups in total. The third-order valence-electron chi connectivity index (χ3n) is 5.98. The lowest BCUT2D eigenvalue weighted by Crippen LogP contribution is -2.49. The van der Waals surface area contributed by atoms with Crippen LogP contribution >= 0.6 is 46.4 Å². The van der Waals surface area contributed by atoms with Crippen molar-refractivity contribution in [3.8, 4) is 0 Å². The molecule has 0 amide bonds. The van der Waals surface area contributed by atoms with Gasteiger partial charge in [0.15, 0.2) is 12.2 Å². The molecule has 0 heterocycles. The summed E-state index contributed by atoms with van der Waals surface area (Å²) in [4.78, 5) is 20.2. The van der Waals surface area contributed by atoms with Crippen LogP contribution in [0.3, 0.4) is 0 Å². The smallest absolute Gasteiger partial charge is 0.335 e. The molecule has 14 heteroatoms. The predicted octanol–water partition coefficient (Wildman–Crippen LogP) is 4.61. The standard InChI is InChI=1S/2C12H15Cl2N.C6H10O8/c2*1-9(15-2)4-3-5-10-6-7-11(13)12(14)8-10;7-1(3(9)5(11)12)2(8)4(10)6(13)14/h2*3,5-9,15H,4H2,1-2H3;1-4,7-10H,(H,11,12)(H,13,14)/b2*5-3+;/t;;1-,2+,3+,4-. The fourth-order valence-electron chi connectivity index (χ4n) is 2.95. The second-order valence-corrected chi connectivity index (χ2v) is 11.2. The van der Waals surface area contributed by atoms with Crippen molar-refractivity contribution in [2.75, 3.05) is 14.1 Å². The first-order valence-corrected chi connectivity index (χ1v) is 14.8. The molecule has 6 atom stereocenters. The van der Waals surface area contributed by atoms with Crippen molar-refractivity contribution >= 4 is 70.5 Å². The van der Waals surface area contributed by atoms with Crippen molar-refractivity contribution in [2.45, 2.75) is 63.2 Å². The van der Waals surface area contributed by atoms with Crippen molar-refractivity contribution < 1.29 is 40.2 Å². The van der Waals surface area contributed by atoms with E-state index in [0.717, 1.165) is 24.0 Å². The molecule has 0 aliphatic heterocycles. The number of hydrogen-bond acceptors (Lipinski definition) is 8. The van der Waals surface area contributed by atoms with Gasteiger partial charge in [0.25, 0.3) is 0 Å². The molecular formula is C30H40Cl4N2O8. The molecule has 2 aromatic rings. The second kappa shape index (κ2) is 22.3. The number of benzene rings is 2. The maximum Gasteiger partial charge on any atom is 0.335 e. The van der Waals surface area contributed by atoms with E-state index in [2.05, 4.69) is 48.8 Å². The van der Waals surface area contributed by atoms with E-state index < -0.39 is 36.4 Å². The van der Waals surface area contributed by atoms with E-state index >= 15 is 0 Å². The number of rotatable bonds is 13. The van der Waals surface area contributed by atoms with E-state index in [1.165, 1.54) is 0 Å². The van der Waals surface area contributed by atoms with Gasteiger partial charge in [-0.05, 0) is 76.2 Å². The number of carboxylic acids is 2. The highest BCUT2D eigenvalue weighted by Crippen LogP contribution is 2.24. The summed E-state index contributed by atoms with van der Waals surface area (Å²) in [5, 5.41) is 60.2. The molecule has 0 spiro atoms. The number of carboxylic acid groups (broad SMARTS) is 2. The van der Waals surface area contributed by atoms with Crippen molar-refractivity contribution in [3.63, 3.8) is 0 Å². The van der Waals surface area contributed by atoms with Crippen LogP contribution in [0.25, 0.3) is 12.2 Å². The van der Waals surface area contributed by atoms with Crippen LogP contribution in [0.1, 0.15) is 37.8 Å². The molecule has 10 nitrogen and oxygen atoms in total. The fourth-order valence-corrected chi connectivity index (χ4v) is 3.56. The Balaban J connectivity index is 0.000000631. The van der Waals surface area contributed by atoms with Gasteiger partial charge in [-0.3, -0.25) is 0 Å². The van der Waals surface area contributed by atoms with Gasteiger partial charge in [-0.2, -0.15) is 0 Å². The largest absolute Gasteiger partial charge is 0.479 e. The minimum absolute atomic E-state index is 0.490. The van der Waals surface area contributed by atoms with E-state index in [-0.39, 0.29) is 0 Å². The molecule has 0 radical (unpaired) electrons. The maximum atomic E-state index is 10.1. The Hall–Kier alpha value is -2.22. The third-order valence-corrected chi connectivity index (χ3v) is 7.45. The molecule has 0 saturated carbocycles. The lowest BCUT2D eigenvalue weighted by molar-refractivity contribution is -0.172. The zero-order valence-electron chi connectivity index (χ0n) is 24.7. The van der Waals surface area contributed by atoms with Gasteiger partial charge in [0.2, 0.25) is 0 Å². The Kier molecular flexibility index (Phi) is 21.2. The summed E-state index contributed by atoms with van der Waals surface area (Å²) in [6, 6.07) is 12.2. The highest BCUT2D eigenvalue weighted by Gasteiger charge is 2.37. The zero-order valence-corrected chi connectivity index (χ0v) is 27.7. The molecule has 2 aromatic carbocycles. The van der Waals surface area contributed by atoms with Crippen molar-refractivity contribution in [1.82, 2.24) is 10.6 Å². The van der Waals surface area contributed by atoms with Gasteiger partial charge in [0.1, 0.15) is 12.2 Å². The van der Waals surface area contributed by atoms with Crippen LogP contribution in [0.5, 0.6) is 0 Å². The van der Waals surface area contributed by atoms with Gasteiger partial charge in [0.05, 0.1) is 20.1 Å². The molecular weight excluding hydrogens is 658 g/mol. The average Bonchev–Trinajstić information content (AvgIpc) is 2.99. The molecule has 0 saturated heterocycles. The number of carbonyl (C=O) groups is 2. The normalized spacial score (nSPS) is 15.3.